The van der Waals surface area contributed by atoms with Crippen LogP contribution in [-0.4, -0.2) is 78.5 Å². The third kappa shape index (κ3) is 8.06. The van der Waals surface area contributed by atoms with Gasteiger partial charge in [-0.25, -0.2) is 9.97 Å². The second-order valence-corrected chi connectivity index (χ2v) is 13.4. The summed E-state index contributed by atoms with van der Waals surface area (Å²) < 4.78 is 11.4. The standard InChI is InChI=1S/C39H43Cl2N5O4/c1-49-38-26(9-3-4-21-45-22-7-14-34(45)47)16-18-32(43-38)30-12-5-10-28(36(30)40)29-11-6-13-31(37(29)41)33-19-17-27(39(44-33)50-2)25-42-20-24-46-23-8-15-35(46)48/h5-6,10-13,16-19,42H,3-4,7-9,14-15,20-25H2,1-2H3. The van der Waals surface area contributed by atoms with Crippen LogP contribution >= 0.6 is 23.2 Å². The molecule has 0 aliphatic carbocycles. The molecule has 0 atom stereocenters. The van der Waals surface area contributed by atoms with E-state index in [1.165, 1.54) is 0 Å². The lowest BCUT2D eigenvalue weighted by Crippen LogP contribution is -2.32. The minimum absolute atomic E-state index is 0.226. The van der Waals surface area contributed by atoms with Crippen LogP contribution in [0.3, 0.4) is 0 Å². The number of aryl methyl sites for hydroxylation is 1. The van der Waals surface area contributed by atoms with E-state index in [4.69, 9.17) is 42.6 Å². The van der Waals surface area contributed by atoms with E-state index in [1.54, 1.807) is 14.2 Å². The van der Waals surface area contributed by atoms with E-state index in [1.807, 2.05) is 70.5 Å². The van der Waals surface area contributed by atoms with E-state index in [9.17, 15) is 9.59 Å². The van der Waals surface area contributed by atoms with Crippen LogP contribution in [0.5, 0.6) is 11.8 Å². The van der Waals surface area contributed by atoms with Gasteiger partial charge in [0.05, 0.1) is 35.7 Å². The highest BCUT2D eigenvalue weighted by Crippen LogP contribution is 2.42. The van der Waals surface area contributed by atoms with E-state index in [0.717, 1.165) is 85.1 Å². The van der Waals surface area contributed by atoms with Gasteiger partial charge in [-0.1, -0.05) is 71.7 Å². The third-order valence-corrected chi connectivity index (χ3v) is 10.3. The lowest BCUT2D eigenvalue weighted by atomic mass is 9.98. The molecule has 2 fully saturated rings. The Bertz CT molecular complexity index is 1720. The van der Waals surface area contributed by atoms with Crippen LogP contribution in [0.2, 0.25) is 10.0 Å². The van der Waals surface area contributed by atoms with Gasteiger partial charge in [0.2, 0.25) is 23.6 Å². The minimum Gasteiger partial charge on any atom is -0.481 e. The van der Waals surface area contributed by atoms with E-state index in [0.29, 0.717) is 65.7 Å². The highest BCUT2D eigenvalue weighted by atomic mass is 35.5. The Morgan fingerprint density at radius 3 is 1.74 bits per heavy atom. The van der Waals surface area contributed by atoms with Gasteiger partial charge >= 0.3 is 0 Å². The average molecular weight is 717 g/mol. The van der Waals surface area contributed by atoms with Crippen LogP contribution in [0.1, 0.15) is 49.7 Å². The molecule has 2 aliphatic heterocycles. The molecule has 0 spiro atoms. The van der Waals surface area contributed by atoms with Crippen molar-refractivity contribution in [3.8, 4) is 45.4 Å². The van der Waals surface area contributed by atoms with Crippen LogP contribution < -0.4 is 14.8 Å². The number of carbonyl (C=O) groups is 2. The van der Waals surface area contributed by atoms with E-state index in [-0.39, 0.29) is 11.8 Å². The molecule has 11 heteroatoms. The second kappa shape index (κ2) is 16.7. The summed E-state index contributed by atoms with van der Waals surface area (Å²) in [7, 11) is 3.24. The molecule has 2 amide bonds. The number of carbonyl (C=O) groups excluding carboxylic acids is 2. The summed E-state index contributed by atoms with van der Waals surface area (Å²) in [4.78, 5) is 37.3. The second-order valence-electron chi connectivity index (χ2n) is 12.7. The molecule has 6 rings (SSSR count). The maximum Gasteiger partial charge on any atom is 0.222 e. The van der Waals surface area contributed by atoms with Gasteiger partial charge in [0.1, 0.15) is 0 Å². The summed E-state index contributed by atoms with van der Waals surface area (Å²) in [5.41, 5.74) is 6.41. The van der Waals surface area contributed by atoms with E-state index >= 15 is 0 Å². The molecule has 4 heterocycles. The topological polar surface area (TPSA) is 96.9 Å². The monoisotopic (exact) mass is 715 g/mol. The van der Waals surface area contributed by atoms with Crippen LogP contribution in [0.15, 0.2) is 60.7 Å². The number of likely N-dealkylation sites (tertiary alicyclic amines) is 2. The fourth-order valence-electron chi connectivity index (χ4n) is 6.73. The van der Waals surface area contributed by atoms with Gasteiger partial charge in [-0.05, 0) is 44.2 Å². The number of benzene rings is 2. The summed E-state index contributed by atoms with van der Waals surface area (Å²) in [6.45, 7) is 4.46. The first kappa shape index (κ1) is 35.6. The van der Waals surface area contributed by atoms with Crippen molar-refractivity contribution in [1.29, 1.82) is 0 Å². The number of pyridine rings is 2. The molecule has 9 nitrogen and oxygen atoms in total. The molecule has 1 N–H and O–H groups in total. The lowest BCUT2D eigenvalue weighted by molar-refractivity contribution is -0.128. The summed E-state index contributed by atoms with van der Waals surface area (Å²) in [6, 6.07) is 19.6. The largest absolute Gasteiger partial charge is 0.481 e. The molecule has 0 radical (unpaired) electrons. The highest BCUT2D eigenvalue weighted by Gasteiger charge is 2.21. The normalized spacial score (nSPS) is 14.6. The number of nitrogens with one attached hydrogen (secondary N) is 1. The third-order valence-electron chi connectivity index (χ3n) is 9.45. The number of aromatic nitrogens is 2. The minimum atomic E-state index is 0.226. The molecular formula is C39H43Cl2N5O4. The van der Waals surface area contributed by atoms with Crippen molar-refractivity contribution in [3.05, 3.63) is 81.8 Å². The number of nitrogens with zero attached hydrogens (tertiary/aromatic N) is 4. The molecule has 0 bridgehead atoms. The van der Waals surface area contributed by atoms with Crippen LogP contribution in [0.4, 0.5) is 0 Å². The number of rotatable bonds is 15. The summed E-state index contributed by atoms with van der Waals surface area (Å²) in [5, 5.41) is 4.46. The summed E-state index contributed by atoms with van der Waals surface area (Å²) >= 11 is 14.2. The van der Waals surface area contributed by atoms with E-state index in [2.05, 4.69) is 5.32 Å². The molecule has 4 aromatic rings. The van der Waals surface area contributed by atoms with Gasteiger partial charge in [0, 0.05) is 85.5 Å². The van der Waals surface area contributed by atoms with E-state index < -0.39 is 0 Å². The number of unbranched alkanes of at least 4 members (excludes halogenated alkanes) is 1. The maximum absolute atomic E-state index is 11.9. The Hall–Kier alpha value is -4.18. The van der Waals surface area contributed by atoms with Gasteiger partial charge in [0.15, 0.2) is 0 Å². The van der Waals surface area contributed by atoms with Gasteiger partial charge in [-0.2, -0.15) is 0 Å². The zero-order chi connectivity index (χ0) is 35.0. The number of hydrogen-bond acceptors (Lipinski definition) is 7. The summed E-state index contributed by atoms with van der Waals surface area (Å²) in [6.07, 6.45) is 5.91. The predicted octanol–water partition coefficient (Wildman–Crippen LogP) is 7.46. The molecule has 0 unspecified atom stereocenters. The molecule has 0 saturated carbocycles. The Kier molecular flexibility index (Phi) is 11.9. The Morgan fingerprint density at radius 1 is 0.680 bits per heavy atom. The van der Waals surface area contributed by atoms with Gasteiger partial charge in [-0.3, -0.25) is 9.59 Å². The fourth-order valence-corrected chi connectivity index (χ4v) is 7.38. The molecule has 2 aromatic carbocycles. The predicted molar refractivity (Wildman–Crippen MR) is 198 cm³/mol. The molecular weight excluding hydrogens is 673 g/mol. The first-order valence-corrected chi connectivity index (χ1v) is 18.1. The van der Waals surface area contributed by atoms with Crippen molar-refractivity contribution in [2.24, 2.45) is 0 Å². The van der Waals surface area contributed by atoms with Crippen molar-refractivity contribution in [2.75, 3.05) is 46.9 Å². The number of halogens is 2. The average Bonchev–Trinajstić information content (AvgIpc) is 3.75. The zero-order valence-electron chi connectivity index (χ0n) is 28.6. The van der Waals surface area contributed by atoms with Crippen LogP contribution in [-0.2, 0) is 22.6 Å². The van der Waals surface area contributed by atoms with Gasteiger partial charge in [0.25, 0.3) is 0 Å². The first-order valence-electron chi connectivity index (χ1n) is 17.3. The zero-order valence-corrected chi connectivity index (χ0v) is 30.2. The SMILES string of the molecule is COc1nc(-c2cccc(-c3cccc(-c4ccc(CNCCN5CCCC5=O)c(OC)n4)c3Cl)c2Cl)ccc1CCCCN1CCCC1=O. The van der Waals surface area contributed by atoms with Crippen molar-refractivity contribution < 1.29 is 19.1 Å². The number of ether oxygens (including phenoxy) is 2. The molecule has 50 heavy (non-hydrogen) atoms. The first-order chi connectivity index (χ1) is 24.4. The fraction of sp³-hybridized carbons (Fsp3) is 0.385. The van der Waals surface area contributed by atoms with Crippen molar-refractivity contribution in [2.45, 2.75) is 51.5 Å². The Morgan fingerprint density at radius 2 is 1.20 bits per heavy atom. The number of methoxy groups -OCH3 is 2. The number of hydrogen-bond donors (Lipinski definition) is 1. The van der Waals surface area contributed by atoms with Crippen molar-refractivity contribution in [3.63, 3.8) is 0 Å². The number of amides is 2. The van der Waals surface area contributed by atoms with Gasteiger partial charge in [-0.15, -0.1) is 0 Å². The lowest BCUT2D eigenvalue weighted by Gasteiger charge is -2.17. The molecule has 2 aliphatic rings. The quantitative estimate of drug-likeness (QED) is 0.128. The Labute approximate surface area is 303 Å². The maximum atomic E-state index is 11.9. The van der Waals surface area contributed by atoms with Crippen molar-refractivity contribution >= 4 is 35.0 Å². The molecule has 2 aromatic heterocycles. The molecule has 2 saturated heterocycles. The highest BCUT2D eigenvalue weighted by molar-refractivity contribution is 6.39. The van der Waals surface area contributed by atoms with Crippen LogP contribution in [0.25, 0.3) is 33.6 Å². The molecule has 262 valence electrons. The van der Waals surface area contributed by atoms with Crippen molar-refractivity contribution in [1.82, 2.24) is 25.1 Å². The smallest absolute Gasteiger partial charge is 0.222 e. The van der Waals surface area contributed by atoms with Gasteiger partial charge < -0.3 is 24.6 Å². The summed E-state index contributed by atoms with van der Waals surface area (Å²) in [5.74, 6) is 1.57. The van der Waals surface area contributed by atoms with Crippen LogP contribution in [0, 0.1) is 0 Å². The Balaban J connectivity index is 1.17.